The number of amides is 4. The van der Waals surface area contributed by atoms with Crippen LogP contribution in [0.5, 0.6) is 5.75 Å². The number of urea groups is 1. The van der Waals surface area contributed by atoms with Gasteiger partial charge in [-0.25, -0.2) is 22.5 Å². The van der Waals surface area contributed by atoms with Crippen molar-refractivity contribution < 1.29 is 27.5 Å². The van der Waals surface area contributed by atoms with Crippen LogP contribution in [-0.2, 0) is 26.7 Å². The summed E-state index contributed by atoms with van der Waals surface area (Å²) in [7, 11) is -1.63. The number of anilines is 2. The molecule has 4 aromatic heterocycles. The number of carbonyl (C=O) groups excluding carboxylic acids is 3. The summed E-state index contributed by atoms with van der Waals surface area (Å²) in [5.74, 6) is 2.11. The van der Waals surface area contributed by atoms with Crippen molar-refractivity contribution in [2.75, 3.05) is 75.2 Å². The van der Waals surface area contributed by atoms with Crippen molar-refractivity contribution in [2.24, 2.45) is 12.5 Å². The fourth-order valence-electron chi connectivity index (χ4n) is 10.9. The first-order chi connectivity index (χ1) is 33.2. The number of fused-ring (bicyclic) bond motifs is 2. The summed E-state index contributed by atoms with van der Waals surface area (Å²) in [5, 5.41) is 16.8. The number of benzene rings is 2. The SMILES string of the molecule is C[C@@H](Oc1ccc2[nH]nc(-c3ccc(N4CC5(C4)CN(S(=O)(=O)C4CCN(C(=O)CN6CCC(c7ccc8c(N9CCC(=O)NC9=O)nn(C)c8c7)CC6)CC4)C5)nc3)c2c1)c1c(Cl)cncc1Cl. The molecule has 11 rings (SSSR count). The smallest absolute Gasteiger partial charge is 0.329 e. The van der Waals surface area contributed by atoms with Crippen LogP contribution in [0, 0.1) is 5.41 Å². The zero-order valence-electron chi connectivity index (χ0n) is 38.3. The van der Waals surface area contributed by atoms with Gasteiger partial charge in [-0.05, 0) is 99.6 Å². The summed E-state index contributed by atoms with van der Waals surface area (Å²) in [6, 6.07) is 15.5. The molecule has 69 heavy (non-hydrogen) atoms. The van der Waals surface area contributed by atoms with Crippen LogP contribution in [0.25, 0.3) is 33.1 Å². The predicted octanol–water partition coefficient (Wildman–Crippen LogP) is 6.12. The highest BCUT2D eigenvalue weighted by Gasteiger charge is 2.56. The number of rotatable bonds is 11. The first-order valence-electron chi connectivity index (χ1n) is 23.4. The van der Waals surface area contributed by atoms with E-state index in [-0.39, 0.29) is 23.7 Å². The van der Waals surface area contributed by atoms with Crippen molar-refractivity contribution in [3.05, 3.63) is 88.3 Å². The molecule has 21 heteroatoms. The first-order valence-corrected chi connectivity index (χ1v) is 25.7. The highest BCUT2D eigenvalue weighted by Crippen LogP contribution is 2.44. The number of ether oxygens (including phenoxy) is 1. The first kappa shape index (κ1) is 45.6. The number of nitrogens with one attached hydrogen (secondary N) is 2. The number of piperidine rings is 2. The van der Waals surface area contributed by atoms with Gasteiger partial charge < -0.3 is 14.5 Å². The van der Waals surface area contributed by atoms with Crippen molar-refractivity contribution in [1.29, 1.82) is 0 Å². The van der Waals surface area contributed by atoms with Crippen LogP contribution in [0.2, 0.25) is 10.0 Å². The van der Waals surface area contributed by atoms with Gasteiger partial charge in [0.05, 0.1) is 32.9 Å². The quantitative estimate of drug-likeness (QED) is 0.151. The highest BCUT2D eigenvalue weighted by molar-refractivity contribution is 7.89. The second-order valence-electron chi connectivity index (χ2n) is 19.2. The molecular weight excluding hydrogens is 944 g/mol. The van der Waals surface area contributed by atoms with E-state index in [1.54, 1.807) is 21.4 Å². The van der Waals surface area contributed by atoms with Crippen LogP contribution in [0.4, 0.5) is 16.4 Å². The number of carbonyl (C=O) groups is 3. The summed E-state index contributed by atoms with van der Waals surface area (Å²) >= 11 is 12.8. The Morgan fingerprint density at radius 3 is 2.36 bits per heavy atom. The van der Waals surface area contributed by atoms with Crippen molar-refractivity contribution >= 4 is 84.5 Å². The molecule has 360 valence electrons. The van der Waals surface area contributed by atoms with Crippen LogP contribution >= 0.6 is 23.2 Å². The van der Waals surface area contributed by atoms with Crippen LogP contribution in [0.15, 0.2) is 67.1 Å². The molecule has 1 atom stereocenters. The zero-order valence-corrected chi connectivity index (χ0v) is 40.6. The second-order valence-corrected chi connectivity index (χ2v) is 22.3. The summed E-state index contributed by atoms with van der Waals surface area (Å²) in [5.41, 5.74) is 5.15. The summed E-state index contributed by atoms with van der Waals surface area (Å²) in [6.45, 7) is 7.42. The van der Waals surface area contributed by atoms with E-state index in [9.17, 15) is 22.8 Å². The van der Waals surface area contributed by atoms with Gasteiger partial charge in [0.25, 0.3) is 0 Å². The molecule has 0 saturated carbocycles. The molecule has 6 aromatic rings. The number of hydrogen-bond acceptors (Lipinski definition) is 12. The average molecular weight is 996 g/mol. The topological polar surface area (TPSA) is 195 Å². The maximum absolute atomic E-state index is 13.8. The van der Waals surface area contributed by atoms with Gasteiger partial charge in [-0.15, -0.1) is 0 Å². The van der Waals surface area contributed by atoms with Gasteiger partial charge in [-0.2, -0.15) is 10.2 Å². The van der Waals surface area contributed by atoms with Gasteiger partial charge in [0.2, 0.25) is 21.8 Å². The van der Waals surface area contributed by atoms with Crippen molar-refractivity contribution in [3.63, 3.8) is 0 Å². The molecule has 5 aliphatic heterocycles. The normalized spacial score (nSPS) is 20.1. The van der Waals surface area contributed by atoms with Gasteiger partial charge in [0, 0.05) is 105 Å². The van der Waals surface area contributed by atoms with E-state index in [0.29, 0.717) is 85.2 Å². The largest absolute Gasteiger partial charge is 0.486 e. The third-order valence-electron chi connectivity index (χ3n) is 14.7. The van der Waals surface area contributed by atoms with Crippen molar-refractivity contribution in [1.82, 2.24) is 49.4 Å². The van der Waals surface area contributed by atoms with Crippen LogP contribution in [-0.4, -0.2) is 141 Å². The Kier molecular flexibility index (Phi) is 11.8. The van der Waals surface area contributed by atoms with E-state index < -0.39 is 27.4 Å². The van der Waals surface area contributed by atoms with E-state index in [0.717, 1.165) is 77.9 Å². The molecule has 0 radical (unpaired) electrons. The van der Waals surface area contributed by atoms with Crippen LogP contribution in [0.1, 0.15) is 62.2 Å². The highest BCUT2D eigenvalue weighted by atomic mass is 35.5. The van der Waals surface area contributed by atoms with Crippen molar-refractivity contribution in [3.8, 4) is 17.0 Å². The number of nitrogens with zero attached hydrogens (tertiary/aromatic N) is 10. The van der Waals surface area contributed by atoms with E-state index in [2.05, 4.69) is 47.5 Å². The molecule has 1 spiro atoms. The lowest BCUT2D eigenvalue weighted by atomic mass is 9.74. The van der Waals surface area contributed by atoms with Gasteiger partial charge in [-0.1, -0.05) is 29.3 Å². The summed E-state index contributed by atoms with van der Waals surface area (Å²) in [6.07, 6.45) is 7.41. The Bertz CT molecular complexity index is 3080. The van der Waals surface area contributed by atoms with Crippen LogP contribution in [0.3, 0.4) is 0 Å². The minimum atomic E-state index is -3.49. The number of aromatic amines is 1. The number of imide groups is 1. The van der Waals surface area contributed by atoms with Gasteiger partial charge in [0.15, 0.2) is 5.82 Å². The third kappa shape index (κ3) is 8.55. The fraction of sp³-hybridized carbons (Fsp3) is 0.438. The van der Waals surface area contributed by atoms with Gasteiger partial charge in [-0.3, -0.25) is 39.5 Å². The Balaban J connectivity index is 0.628. The number of likely N-dealkylation sites (tertiary alicyclic amines) is 2. The Labute approximate surface area is 408 Å². The molecule has 5 saturated heterocycles. The molecule has 0 bridgehead atoms. The number of aromatic nitrogens is 6. The zero-order chi connectivity index (χ0) is 47.8. The molecule has 5 fully saturated rings. The second kappa shape index (κ2) is 17.8. The molecule has 2 N–H and O–H groups in total. The maximum atomic E-state index is 13.8. The Hall–Kier alpha value is -5.86. The molecule has 0 aliphatic carbocycles. The number of hydrogen-bond donors (Lipinski definition) is 2. The third-order valence-corrected chi connectivity index (χ3v) is 17.6. The van der Waals surface area contributed by atoms with E-state index in [1.807, 2.05) is 61.5 Å². The van der Waals surface area contributed by atoms with Crippen molar-refractivity contribution in [2.45, 2.75) is 56.3 Å². The molecular formula is C48H52Cl2N12O6S. The Morgan fingerprint density at radius 1 is 0.899 bits per heavy atom. The Morgan fingerprint density at radius 2 is 1.65 bits per heavy atom. The molecule has 18 nitrogen and oxygen atoms in total. The number of pyridine rings is 2. The number of sulfonamides is 1. The minimum Gasteiger partial charge on any atom is -0.486 e. The number of H-pyrrole nitrogens is 1. The molecule has 4 amide bonds. The average Bonchev–Trinajstić information content (AvgIpc) is 3.88. The van der Waals surface area contributed by atoms with E-state index >= 15 is 0 Å². The maximum Gasteiger partial charge on any atom is 0.329 e. The van der Waals surface area contributed by atoms with Crippen LogP contribution < -0.4 is 19.9 Å². The van der Waals surface area contributed by atoms with E-state index in [1.165, 1.54) is 10.5 Å². The molecule has 9 heterocycles. The fourth-order valence-corrected chi connectivity index (χ4v) is 13.7. The number of aryl methyl sites for hydroxylation is 1. The molecule has 5 aliphatic rings. The van der Waals surface area contributed by atoms with Gasteiger partial charge in [0.1, 0.15) is 23.4 Å². The lowest BCUT2D eigenvalue weighted by Gasteiger charge is -2.60. The molecule has 0 unspecified atom stereocenters. The lowest BCUT2D eigenvalue weighted by Crippen LogP contribution is -2.73. The monoisotopic (exact) mass is 994 g/mol. The minimum absolute atomic E-state index is 0.0526. The number of halogens is 2. The standard InChI is InChI=1S/C48H52Cl2N12O6S/c1-29(44-37(49)22-51-23-38(44)50)68-33-5-7-39-36(20-33)45(55-54-39)32-4-8-41(52-21-32)60-25-48(26-60)27-61(28-48)69(66,67)34-11-16-59(17-12-34)43(64)24-58-14-9-30(10-15-58)31-3-6-35-40(19-31)57(2)56-46(35)62-18-13-42(63)53-47(62)65/h3-8,19-23,29-30,34H,9-18,24-28H2,1-2H3,(H,54,55)(H,53,63,65)/t29-/m1/s1. The van der Waals surface area contributed by atoms with Gasteiger partial charge >= 0.3 is 6.03 Å². The summed E-state index contributed by atoms with van der Waals surface area (Å²) < 4.78 is 37.3. The van der Waals surface area contributed by atoms with E-state index in [4.69, 9.17) is 32.9 Å². The lowest BCUT2D eigenvalue weighted by molar-refractivity contribution is -0.133. The summed E-state index contributed by atoms with van der Waals surface area (Å²) in [4.78, 5) is 54.2. The molecule has 2 aromatic carbocycles. The predicted molar refractivity (Wildman–Crippen MR) is 262 cm³/mol.